The molecule has 0 bridgehead atoms. The summed E-state index contributed by atoms with van der Waals surface area (Å²) in [7, 11) is 0. The van der Waals surface area contributed by atoms with Crippen LogP contribution in [0.2, 0.25) is 0 Å². The SMILES string of the molecule is Cc1cc(C)c2c(c1)S[C@@H](c1ccccc1)[C@H](C(=O)N1CCOC1=O)[C@H]2O. The molecule has 27 heavy (non-hydrogen) atoms. The van der Waals surface area contributed by atoms with Crippen LogP contribution in [0, 0.1) is 19.8 Å². The van der Waals surface area contributed by atoms with Gasteiger partial charge in [-0.15, -0.1) is 11.8 Å². The van der Waals surface area contributed by atoms with E-state index in [2.05, 4.69) is 6.07 Å². The standard InChI is InChI=1S/C21H21NO4S/c1-12-10-13(2)16-15(11-12)27-19(14-6-4-3-5-7-14)17(18(16)23)20(24)22-8-9-26-21(22)25/h3-7,10-11,17-19,23H,8-9H2,1-2H3/t17-,18+,19+/m1/s1. The fourth-order valence-corrected chi connectivity index (χ4v) is 5.57. The molecule has 140 valence electrons. The molecule has 2 aliphatic heterocycles. The van der Waals surface area contributed by atoms with Gasteiger partial charge in [0.25, 0.3) is 0 Å². The molecule has 1 saturated heterocycles. The van der Waals surface area contributed by atoms with Crippen molar-refractivity contribution < 1.29 is 19.4 Å². The zero-order chi connectivity index (χ0) is 19.1. The van der Waals surface area contributed by atoms with Gasteiger partial charge in [-0.1, -0.05) is 36.4 Å². The summed E-state index contributed by atoms with van der Waals surface area (Å²) < 4.78 is 4.94. The minimum absolute atomic E-state index is 0.200. The van der Waals surface area contributed by atoms with Crippen LogP contribution in [0.4, 0.5) is 4.79 Å². The largest absolute Gasteiger partial charge is 0.447 e. The monoisotopic (exact) mass is 383 g/mol. The Morgan fingerprint density at radius 3 is 2.63 bits per heavy atom. The average Bonchev–Trinajstić information content (AvgIpc) is 3.07. The van der Waals surface area contributed by atoms with Crippen molar-refractivity contribution >= 4 is 23.8 Å². The van der Waals surface area contributed by atoms with Crippen LogP contribution in [0.3, 0.4) is 0 Å². The first kappa shape index (κ1) is 18.1. The third kappa shape index (κ3) is 3.13. The van der Waals surface area contributed by atoms with Crippen molar-refractivity contribution in [1.82, 2.24) is 4.90 Å². The van der Waals surface area contributed by atoms with Crippen LogP contribution in [0.15, 0.2) is 47.4 Å². The zero-order valence-corrected chi connectivity index (χ0v) is 16.0. The number of aliphatic hydroxyl groups is 1. The van der Waals surface area contributed by atoms with Crippen molar-refractivity contribution in [3.05, 3.63) is 64.7 Å². The summed E-state index contributed by atoms with van der Waals surface area (Å²) in [6, 6.07) is 13.7. The van der Waals surface area contributed by atoms with Gasteiger partial charge in [0.2, 0.25) is 5.91 Å². The van der Waals surface area contributed by atoms with E-state index in [0.29, 0.717) is 0 Å². The first-order valence-electron chi connectivity index (χ1n) is 8.96. The first-order chi connectivity index (χ1) is 13.0. The molecule has 4 rings (SSSR count). The number of nitrogens with zero attached hydrogens (tertiary/aromatic N) is 1. The van der Waals surface area contributed by atoms with Crippen LogP contribution in [0.25, 0.3) is 0 Å². The number of carbonyl (C=O) groups is 2. The fourth-order valence-electron chi connectivity index (χ4n) is 3.93. The maximum atomic E-state index is 13.2. The van der Waals surface area contributed by atoms with Gasteiger partial charge in [0.05, 0.1) is 18.6 Å². The zero-order valence-electron chi connectivity index (χ0n) is 15.2. The second kappa shape index (κ2) is 7.02. The Hall–Kier alpha value is -2.31. The van der Waals surface area contributed by atoms with E-state index in [1.165, 1.54) is 0 Å². The van der Waals surface area contributed by atoms with Gasteiger partial charge in [0.1, 0.15) is 6.61 Å². The van der Waals surface area contributed by atoms with Gasteiger partial charge < -0.3 is 9.84 Å². The lowest BCUT2D eigenvalue weighted by Gasteiger charge is -2.37. The maximum Gasteiger partial charge on any atom is 0.416 e. The molecule has 2 heterocycles. The average molecular weight is 383 g/mol. The van der Waals surface area contributed by atoms with Crippen LogP contribution in [0.5, 0.6) is 0 Å². The Bertz CT molecular complexity index is 899. The molecule has 2 aliphatic rings. The number of aliphatic hydroxyl groups excluding tert-OH is 1. The lowest BCUT2D eigenvalue weighted by molar-refractivity contribution is -0.136. The summed E-state index contributed by atoms with van der Waals surface area (Å²) in [5, 5.41) is 10.9. The molecule has 3 atom stereocenters. The summed E-state index contributed by atoms with van der Waals surface area (Å²) >= 11 is 1.58. The van der Waals surface area contributed by atoms with Crippen molar-refractivity contribution in [1.29, 1.82) is 0 Å². The second-order valence-corrected chi connectivity index (χ2v) is 8.20. The molecular formula is C21H21NO4S. The van der Waals surface area contributed by atoms with Gasteiger partial charge in [-0.2, -0.15) is 0 Å². The predicted octanol–water partition coefficient (Wildman–Crippen LogP) is 3.78. The van der Waals surface area contributed by atoms with Crippen molar-refractivity contribution in [2.75, 3.05) is 13.2 Å². The molecule has 0 spiro atoms. The molecule has 2 aromatic carbocycles. The molecule has 0 radical (unpaired) electrons. The summed E-state index contributed by atoms with van der Waals surface area (Å²) in [6.45, 7) is 4.40. The quantitative estimate of drug-likeness (QED) is 0.855. The number of aryl methyl sites for hydroxylation is 2. The molecule has 1 N–H and O–H groups in total. The van der Waals surface area contributed by atoms with Gasteiger partial charge in [-0.05, 0) is 42.2 Å². The number of amides is 2. The number of fused-ring (bicyclic) bond motifs is 1. The summed E-state index contributed by atoms with van der Waals surface area (Å²) in [5.41, 5.74) is 3.81. The van der Waals surface area contributed by atoms with Gasteiger partial charge in [0, 0.05) is 10.1 Å². The van der Waals surface area contributed by atoms with Gasteiger partial charge in [-0.3, -0.25) is 4.79 Å². The number of cyclic esters (lactones) is 1. The van der Waals surface area contributed by atoms with Gasteiger partial charge >= 0.3 is 6.09 Å². The minimum Gasteiger partial charge on any atom is -0.447 e. The number of hydrogen-bond acceptors (Lipinski definition) is 5. The molecular weight excluding hydrogens is 362 g/mol. The highest BCUT2D eigenvalue weighted by Gasteiger charge is 2.46. The Kier molecular flexibility index (Phi) is 4.70. The van der Waals surface area contributed by atoms with Gasteiger partial charge in [-0.25, -0.2) is 9.69 Å². The third-order valence-electron chi connectivity index (χ3n) is 5.15. The molecule has 0 aliphatic carbocycles. The number of thioether (sulfide) groups is 1. The van der Waals surface area contributed by atoms with Crippen molar-refractivity contribution in [2.24, 2.45) is 5.92 Å². The number of imide groups is 1. The summed E-state index contributed by atoms with van der Waals surface area (Å²) in [4.78, 5) is 27.3. The highest BCUT2D eigenvalue weighted by molar-refractivity contribution is 7.99. The highest BCUT2D eigenvalue weighted by atomic mass is 32.2. The molecule has 1 fully saturated rings. The predicted molar refractivity (Wildman–Crippen MR) is 102 cm³/mol. The summed E-state index contributed by atoms with van der Waals surface area (Å²) in [6.07, 6.45) is -1.61. The van der Waals surface area contributed by atoms with Crippen molar-refractivity contribution in [2.45, 2.75) is 30.1 Å². The van der Waals surface area contributed by atoms with Crippen LogP contribution in [0.1, 0.15) is 33.6 Å². The second-order valence-electron chi connectivity index (χ2n) is 7.02. The number of carbonyl (C=O) groups excluding carboxylic acids is 2. The highest BCUT2D eigenvalue weighted by Crippen LogP contribution is 2.54. The van der Waals surface area contributed by atoms with E-state index < -0.39 is 18.1 Å². The smallest absolute Gasteiger partial charge is 0.416 e. The van der Waals surface area contributed by atoms with E-state index in [1.807, 2.05) is 50.2 Å². The maximum absolute atomic E-state index is 13.2. The topological polar surface area (TPSA) is 66.8 Å². The number of ether oxygens (including phenoxy) is 1. The van der Waals surface area contributed by atoms with E-state index in [-0.39, 0.29) is 24.3 Å². The fraction of sp³-hybridized carbons (Fsp3) is 0.333. The summed E-state index contributed by atoms with van der Waals surface area (Å²) in [5.74, 6) is -1.13. The Morgan fingerprint density at radius 2 is 1.96 bits per heavy atom. The van der Waals surface area contributed by atoms with Crippen molar-refractivity contribution in [3.63, 3.8) is 0 Å². The number of rotatable bonds is 2. The molecule has 2 amide bonds. The number of hydrogen-bond donors (Lipinski definition) is 1. The third-order valence-corrected chi connectivity index (χ3v) is 6.56. The van der Waals surface area contributed by atoms with Gasteiger partial charge in [0.15, 0.2) is 0 Å². The number of benzene rings is 2. The van der Waals surface area contributed by atoms with E-state index in [1.54, 1.807) is 11.8 Å². The molecule has 0 saturated carbocycles. The molecule has 2 aromatic rings. The Labute approximate surface area is 162 Å². The Morgan fingerprint density at radius 1 is 1.22 bits per heavy atom. The van der Waals surface area contributed by atoms with Crippen LogP contribution < -0.4 is 0 Å². The van der Waals surface area contributed by atoms with E-state index in [4.69, 9.17) is 4.74 Å². The normalized spacial score (nSPS) is 24.5. The van der Waals surface area contributed by atoms with E-state index in [0.717, 1.165) is 32.0 Å². The first-order valence-corrected chi connectivity index (χ1v) is 9.84. The lowest BCUT2D eigenvalue weighted by Crippen LogP contribution is -2.42. The van der Waals surface area contributed by atoms with E-state index in [9.17, 15) is 14.7 Å². The Balaban J connectivity index is 1.82. The molecule has 0 unspecified atom stereocenters. The lowest BCUT2D eigenvalue weighted by atomic mass is 9.85. The molecule has 5 nitrogen and oxygen atoms in total. The molecule has 0 aromatic heterocycles. The minimum atomic E-state index is -0.979. The van der Waals surface area contributed by atoms with Crippen molar-refractivity contribution in [3.8, 4) is 0 Å². The van der Waals surface area contributed by atoms with E-state index >= 15 is 0 Å². The van der Waals surface area contributed by atoms with Crippen LogP contribution in [-0.4, -0.2) is 35.2 Å². The van der Waals surface area contributed by atoms with Crippen LogP contribution >= 0.6 is 11.8 Å². The van der Waals surface area contributed by atoms with Crippen LogP contribution in [-0.2, 0) is 9.53 Å². The molecule has 6 heteroatoms.